The first-order valence-electron chi connectivity index (χ1n) is 6.45. The van der Waals surface area contributed by atoms with Crippen molar-refractivity contribution < 1.29 is 4.74 Å². The lowest BCUT2D eigenvalue weighted by Gasteiger charge is -2.27. The van der Waals surface area contributed by atoms with Gasteiger partial charge in [0.25, 0.3) is 0 Å². The maximum absolute atomic E-state index is 6.27. The molecule has 1 aliphatic rings. The van der Waals surface area contributed by atoms with Gasteiger partial charge in [-0.1, -0.05) is 35.3 Å². The molecule has 1 heterocycles. The van der Waals surface area contributed by atoms with Gasteiger partial charge in [0.1, 0.15) is 0 Å². The van der Waals surface area contributed by atoms with Gasteiger partial charge in [0, 0.05) is 12.6 Å². The molecule has 1 N–H and O–H groups in total. The monoisotopic (exact) mass is 287 g/mol. The lowest BCUT2D eigenvalue weighted by molar-refractivity contribution is 0.00549. The van der Waals surface area contributed by atoms with Gasteiger partial charge >= 0.3 is 0 Å². The van der Waals surface area contributed by atoms with Gasteiger partial charge in [-0.3, -0.25) is 0 Å². The van der Waals surface area contributed by atoms with E-state index in [-0.39, 0.29) is 6.04 Å². The molecule has 2 unspecified atom stereocenters. The van der Waals surface area contributed by atoms with Crippen LogP contribution in [0.4, 0.5) is 0 Å². The van der Waals surface area contributed by atoms with Gasteiger partial charge in [-0.15, -0.1) is 0 Å². The smallest absolute Gasteiger partial charge is 0.0640 e. The summed E-state index contributed by atoms with van der Waals surface area (Å²) in [7, 11) is 1.95. The van der Waals surface area contributed by atoms with Crippen LogP contribution in [0.5, 0.6) is 0 Å². The van der Waals surface area contributed by atoms with Gasteiger partial charge in [-0.05, 0) is 44.4 Å². The Morgan fingerprint density at radius 2 is 2.22 bits per heavy atom. The van der Waals surface area contributed by atoms with E-state index in [1.807, 2.05) is 25.2 Å². The zero-order valence-corrected chi connectivity index (χ0v) is 12.1. The summed E-state index contributed by atoms with van der Waals surface area (Å²) in [5, 5.41) is 4.57. The lowest BCUT2D eigenvalue weighted by atomic mass is 9.97. The molecule has 100 valence electrons. The Kier molecular flexibility index (Phi) is 5.31. The third-order valence-corrected chi connectivity index (χ3v) is 4.31. The Balaban J connectivity index is 2.09. The molecule has 2 atom stereocenters. The predicted octanol–water partition coefficient (Wildman–Crippen LogP) is 4.21. The number of hydrogen-bond acceptors (Lipinski definition) is 2. The van der Waals surface area contributed by atoms with E-state index in [4.69, 9.17) is 27.9 Å². The van der Waals surface area contributed by atoms with Crippen molar-refractivity contribution in [1.29, 1.82) is 0 Å². The van der Waals surface area contributed by atoms with Crippen molar-refractivity contribution in [2.45, 2.75) is 37.8 Å². The summed E-state index contributed by atoms with van der Waals surface area (Å²) in [4.78, 5) is 0. The highest BCUT2D eigenvalue weighted by molar-refractivity contribution is 6.42. The zero-order valence-electron chi connectivity index (χ0n) is 10.6. The van der Waals surface area contributed by atoms with Gasteiger partial charge in [-0.2, -0.15) is 0 Å². The number of ether oxygens (including phenoxy) is 1. The van der Waals surface area contributed by atoms with Gasteiger partial charge in [0.15, 0.2) is 0 Å². The van der Waals surface area contributed by atoms with Crippen molar-refractivity contribution >= 4 is 23.2 Å². The number of halogens is 2. The Labute approximate surface area is 119 Å². The van der Waals surface area contributed by atoms with E-state index >= 15 is 0 Å². The van der Waals surface area contributed by atoms with Crippen molar-refractivity contribution in [3.05, 3.63) is 33.8 Å². The van der Waals surface area contributed by atoms with Gasteiger partial charge in [0.2, 0.25) is 0 Å². The Morgan fingerprint density at radius 3 is 2.89 bits per heavy atom. The fraction of sp³-hybridized carbons (Fsp3) is 0.571. The van der Waals surface area contributed by atoms with Crippen LogP contribution in [0.1, 0.15) is 37.3 Å². The summed E-state index contributed by atoms with van der Waals surface area (Å²) in [5.41, 5.74) is 1.06. The second-order valence-corrected chi connectivity index (χ2v) is 5.49. The first-order chi connectivity index (χ1) is 8.72. The fourth-order valence-electron chi connectivity index (χ4n) is 2.45. The SMILES string of the molecule is CNC(CC1CCCCO1)c1cccc(Cl)c1Cl. The quantitative estimate of drug-likeness (QED) is 0.896. The molecule has 4 heteroatoms. The highest BCUT2D eigenvalue weighted by Crippen LogP contribution is 2.33. The largest absolute Gasteiger partial charge is 0.378 e. The van der Waals surface area contributed by atoms with Crippen molar-refractivity contribution in [2.75, 3.05) is 13.7 Å². The molecule has 2 nitrogen and oxygen atoms in total. The van der Waals surface area contributed by atoms with E-state index in [0.29, 0.717) is 16.1 Å². The predicted molar refractivity (Wildman–Crippen MR) is 76.5 cm³/mol. The highest BCUT2D eigenvalue weighted by Gasteiger charge is 2.21. The molecule has 0 aromatic heterocycles. The van der Waals surface area contributed by atoms with E-state index in [1.165, 1.54) is 12.8 Å². The minimum Gasteiger partial charge on any atom is -0.378 e. The minimum absolute atomic E-state index is 0.194. The zero-order chi connectivity index (χ0) is 13.0. The molecule has 0 aliphatic carbocycles. The molecule has 1 saturated heterocycles. The summed E-state index contributed by atoms with van der Waals surface area (Å²) in [6, 6.07) is 5.98. The molecule has 0 bridgehead atoms. The maximum atomic E-state index is 6.27. The van der Waals surface area contributed by atoms with Crippen molar-refractivity contribution in [2.24, 2.45) is 0 Å². The Hall–Kier alpha value is -0.280. The van der Waals surface area contributed by atoms with Crippen molar-refractivity contribution in [3.8, 4) is 0 Å². The van der Waals surface area contributed by atoms with Gasteiger partial charge < -0.3 is 10.1 Å². The van der Waals surface area contributed by atoms with Crippen molar-refractivity contribution in [3.63, 3.8) is 0 Å². The van der Waals surface area contributed by atoms with E-state index in [2.05, 4.69) is 5.32 Å². The second kappa shape index (κ2) is 6.76. The molecule has 1 aromatic rings. The molecule has 0 saturated carbocycles. The Morgan fingerprint density at radius 1 is 1.39 bits per heavy atom. The molecule has 0 spiro atoms. The average molecular weight is 288 g/mol. The number of benzene rings is 1. The van der Waals surface area contributed by atoms with Crippen LogP contribution in [0, 0.1) is 0 Å². The third kappa shape index (κ3) is 3.39. The van der Waals surface area contributed by atoms with E-state index in [1.54, 1.807) is 0 Å². The molecule has 2 rings (SSSR count). The first kappa shape index (κ1) is 14.1. The molecule has 1 fully saturated rings. The van der Waals surface area contributed by atoms with Crippen LogP contribution in [-0.2, 0) is 4.74 Å². The number of hydrogen-bond donors (Lipinski definition) is 1. The van der Waals surface area contributed by atoms with Crippen LogP contribution >= 0.6 is 23.2 Å². The minimum atomic E-state index is 0.194. The summed E-state index contributed by atoms with van der Waals surface area (Å²) >= 11 is 12.3. The van der Waals surface area contributed by atoms with E-state index in [0.717, 1.165) is 25.0 Å². The molecule has 0 amide bonds. The van der Waals surface area contributed by atoms with Crippen molar-refractivity contribution in [1.82, 2.24) is 5.32 Å². The van der Waals surface area contributed by atoms with Gasteiger partial charge in [0.05, 0.1) is 16.1 Å². The van der Waals surface area contributed by atoms with Crippen LogP contribution in [0.2, 0.25) is 10.0 Å². The van der Waals surface area contributed by atoms with E-state index < -0.39 is 0 Å². The molecule has 1 aliphatic heterocycles. The first-order valence-corrected chi connectivity index (χ1v) is 7.20. The molecular formula is C14H19Cl2NO. The lowest BCUT2D eigenvalue weighted by Crippen LogP contribution is -2.27. The number of nitrogens with one attached hydrogen (secondary N) is 1. The van der Waals surface area contributed by atoms with Gasteiger partial charge in [-0.25, -0.2) is 0 Å². The maximum Gasteiger partial charge on any atom is 0.0640 e. The summed E-state index contributed by atoms with van der Waals surface area (Å²) in [6.45, 7) is 0.879. The highest BCUT2D eigenvalue weighted by atomic mass is 35.5. The molecular weight excluding hydrogens is 269 g/mol. The summed E-state index contributed by atoms with van der Waals surface area (Å²) in [6.07, 6.45) is 4.84. The standard InChI is InChI=1S/C14H19Cl2NO/c1-17-13(9-10-5-2-3-8-18-10)11-6-4-7-12(15)14(11)16/h4,6-7,10,13,17H,2-3,5,8-9H2,1H3. The molecule has 0 radical (unpaired) electrons. The van der Waals surface area contributed by atoms with Crippen LogP contribution < -0.4 is 5.32 Å². The van der Waals surface area contributed by atoms with Crippen LogP contribution in [0.3, 0.4) is 0 Å². The van der Waals surface area contributed by atoms with Crippen LogP contribution in [0.15, 0.2) is 18.2 Å². The van der Waals surface area contributed by atoms with Crippen LogP contribution in [-0.4, -0.2) is 19.8 Å². The average Bonchev–Trinajstić information content (AvgIpc) is 2.41. The Bertz CT molecular complexity index is 391. The number of rotatable bonds is 4. The topological polar surface area (TPSA) is 21.3 Å². The van der Waals surface area contributed by atoms with Crippen LogP contribution in [0.25, 0.3) is 0 Å². The summed E-state index contributed by atoms with van der Waals surface area (Å²) < 4.78 is 5.79. The summed E-state index contributed by atoms with van der Waals surface area (Å²) in [5.74, 6) is 0. The second-order valence-electron chi connectivity index (χ2n) is 4.71. The fourth-order valence-corrected chi connectivity index (χ4v) is 2.89. The van der Waals surface area contributed by atoms with E-state index in [9.17, 15) is 0 Å². The third-order valence-electron chi connectivity index (χ3n) is 3.48. The molecule has 1 aromatic carbocycles. The normalized spacial score (nSPS) is 21.8. The molecule has 18 heavy (non-hydrogen) atoms.